The zero-order valence-electron chi connectivity index (χ0n) is 15.4. The van der Waals surface area contributed by atoms with Gasteiger partial charge in [0.1, 0.15) is 5.92 Å². The van der Waals surface area contributed by atoms with Gasteiger partial charge in [0.25, 0.3) is 0 Å². The van der Waals surface area contributed by atoms with Gasteiger partial charge in [-0.3, -0.25) is 9.59 Å². The third-order valence-corrected chi connectivity index (χ3v) is 6.27. The topological polar surface area (TPSA) is 106 Å². The van der Waals surface area contributed by atoms with Crippen LogP contribution in [0.25, 0.3) is 0 Å². The van der Waals surface area contributed by atoms with Crippen molar-refractivity contribution in [3.05, 3.63) is 74.2 Å². The van der Waals surface area contributed by atoms with E-state index < -0.39 is 17.7 Å². The largest absolute Gasteiger partial charge is 0.325 e. The van der Waals surface area contributed by atoms with E-state index in [1.807, 2.05) is 6.07 Å². The maximum Gasteiger partial charge on any atom is 0.243 e. The summed E-state index contributed by atoms with van der Waals surface area (Å²) in [5.74, 6) is -2.75. The molecule has 6 nitrogen and oxygen atoms in total. The minimum atomic E-state index is -1.10. The molecule has 0 unspecified atom stereocenters. The summed E-state index contributed by atoms with van der Waals surface area (Å²) in [7, 11) is 0. The molecule has 150 valence electrons. The van der Waals surface area contributed by atoms with Gasteiger partial charge in [0.2, 0.25) is 11.8 Å². The fraction of sp³-hybridized carbons (Fsp3) is 0.143. The summed E-state index contributed by atoms with van der Waals surface area (Å²) in [4.78, 5) is 24.8. The van der Waals surface area contributed by atoms with Crippen LogP contribution in [-0.2, 0) is 9.59 Å². The highest BCUT2D eigenvalue weighted by Gasteiger charge is 2.40. The van der Waals surface area contributed by atoms with E-state index in [4.69, 9.17) is 11.6 Å². The van der Waals surface area contributed by atoms with E-state index in [1.165, 1.54) is 0 Å². The molecule has 0 aromatic heterocycles. The Morgan fingerprint density at radius 3 is 2.53 bits per heavy atom. The molecule has 0 saturated heterocycles. The van der Waals surface area contributed by atoms with E-state index in [1.54, 1.807) is 48.5 Å². The van der Waals surface area contributed by atoms with Crippen molar-refractivity contribution in [3.63, 3.8) is 0 Å². The monoisotopic (exact) mass is 500 g/mol. The first-order valence-corrected chi connectivity index (χ1v) is 10.9. The molecule has 30 heavy (non-hydrogen) atoms. The van der Waals surface area contributed by atoms with E-state index in [-0.39, 0.29) is 22.3 Å². The lowest BCUT2D eigenvalue weighted by Crippen LogP contribution is -2.39. The molecule has 0 spiro atoms. The van der Waals surface area contributed by atoms with Gasteiger partial charge >= 0.3 is 0 Å². The number of carbonyl (C=O) groups excluding carboxylic acids is 2. The number of nitrogens with one attached hydrogen (secondary N) is 2. The predicted octanol–water partition coefficient (Wildman–Crippen LogP) is 4.56. The van der Waals surface area contributed by atoms with Crippen LogP contribution < -0.4 is 10.6 Å². The van der Waals surface area contributed by atoms with Crippen LogP contribution in [0.2, 0.25) is 5.02 Å². The second kappa shape index (κ2) is 9.82. The van der Waals surface area contributed by atoms with E-state index in [9.17, 15) is 20.1 Å². The Hall–Kier alpha value is -2.78. The van der Waals surface area contributed by atoms with Gasteiger partial charge in [0.05, 0.1) is 28.5 Å². The van der Waals surface area contributed by atoms with Crippen molar-refractivity contribution < 1.29 is 9.59 Å². The Morgan fingerprint density at radius 2 is 1.90 bits per heavy atom. The standard InChI is InChI=1S/C21H14BrClN4O2S/c22-12-5-7-13(8-6-12)26-18(28)11-30-21-16(10-25)19(15(9-24)20(29)27-21)14-3-1-2-4-17(14)23/h1-8,15,19H,11H2,(H,26,28)(H,27,29)/t15-,19-/m0/s1. The molecule has 1 aliphatic heterocycles. The number of carbonyl (C=O) groups is 2. The molecule has 0 bridgehead atoms. The highest BCUT2D eigenvalue weighted by atomic mass is 79.9. The van der Waals surface area contributed by atoms with Gasteiger partial charge in [-0.05, 0) is 35.9 Å². The third-order valence-electron chi connectivity index (χ3n) is 4.38. The highest BCUT2D eigenvalue weighted by molar-refractivity contribution is 9.10. The molecule has 0 aliphatic carbocycles. The van der Waals surface area contributed by atoms with Gasteiger partial charge in [-0.25, -0.2) is 0 Å². The van der Waals surface area contributed by atoms with E-state index in [0.717, 1.165) is 16.2 Å². The molecule has 2 aromatic carbocycles. The van der Waals surface area contributed by atoms with Crippen molar-refractivity contribution in [2.45, 2.75) is 5.92 Å². The number of thioether (sulfide) groups is 1. The van der Waals surface area contributed by atoms with Crippen LogP contribution in [0.5, 0.6) is 0 Å². The Morgan fingerprint density at radius 1 is 1.20 bits per heavy atom. The Balaban J connectivity index is 1.85. The van der Waals surface area contributed by atoms with Crippen LogP contribution in [0.3, 0.4) is 0 Å². The van der Waals surface area contributed by atoms with Gasteiger partial charge in [0, 0.05) is 21.1 Å². The number of hydrogen-bond acceptors (Lipinski definition) is 5. The first kappa shape index (κ1) is 21.9. The number of anilines is 1. The predicted molar refractivity (Wildman–Crippen MR) is 119 cm³/mol. The van der Waals surface area contributed by atoms with Crippen molar-refractivity contribution in [1.82, 2.24) is 5.32 Å². The van der Waals surface area contributed by atoms with Crippen molar-refractivity contribution in [1.29, 1.82) is 10.5 Å². The molecule has 2 aromatic rings. The molecule has 9 heteroatoms. The summed E-state index contributed by atoms with van der Waals surface area (Å²) in [6.45, 7) is 0. The first-order valence-electron chi connectivity index (χ1n) is 8.72. The molecule has 0 saturated carbocycles. The van der Waals surface area contributed by atoms with E-state index in [0.29, 0.717) is 16.3 Å². The number of amides is 2. The summed E-state index contributed by atoms with van der Waals surface area (Å²) < 4.78 is 0.890. The van der Waals surface area contributed by atoms with Crippen LogP contribution in [0.15, 0.2) is 63.6 Å². The van der Waals surface area contributed by atoms with Crippen molar-refractivity contribution in [2.75, 3.05) is 11.1 Å². The first-order chi connectivity index (χ1) is 14.4. The van der Waals surface area contributed by atoms with Crippen LogP contribution >= 0.6 is 39.3 Å². The number of benzene rings is 2. The normalized spacial score (nSPS) is 18.2. The van der Waals surface area contributed by atoms with Crippen LogP contribution in [-0.4, -0.2) is 17.6 Å². The van der Waals surface area contributed by atoms with Crippen LogP contribution in [0, 0.1) is 28.6 Å². The molecule has 2 amide bonds. The molecule has 0 radical (unpaired) electrons. The average molecular weight is 502 g/mol. The third kappa shape index (κ3) is 4.85. The van der Waals surface area contributed by atoms with Gasteiger partial charge in [0.15, 0.2) is 0 Å². The summed E-state index contributed by atoms with van der Waals surface area (Å²) in [5, 5.41) is 25.3. The Labute approximate surface area is 191 Å². The van der Waals surface area contributed by atoms with Crippen molar-refractivity contribution >= 4 is 56.8 Å². The maximum absolute atomic E-state index is 12.5. The minimum Gasteiger partial charge on any atom is -0.325 e. The van der Waals surface area contributed by atoms with Gasteiger partial charge < -0.3 is 10.6 Å². The lowest BCUT2D eigenvalue weighted by atomic mass is 9.79. The number of nitriles is 2. The summed E-state index contributed by atoms with van der Waals surface area (Å²) in [6.07, 6.45) is 0. The van der Waals surface area contributed by atoms with Crippen LogP contribution in [0.1, 0.15) is 11.5 Å². The fourth-order valence-corrected chi connectivity index (χ4v) is 4.38. The molecule has 1 aliphatic rings. The van der Waals surface area contributed by atoms with Gasteiger partial charge in [-0.1, -0.05) is 57.5 Å². The minimum absolute atomic E-state index is 0.0245. The molecule has 2 N–H and O–H groups in total. The molecule has 1 heterocycles. The number of nitrogens with zero attached hydrogens (tertiary/aromatic N) is 2. The van der Waals surface area contributed by atoms with E-state index in [2.05, 4.69) is 32.6 Å². The molecule has 0 fully saturated rings. The Bertz CT molecular complexity index is 1110. The second-order valence-electron chi connectivity index (χ2n) is 6.29. The summed E-state index contributed by atoms with van der Waals surface area (Å²) >= 11 is 10.6. The number of hydrogen-bond donors (Lipinski definition) is 2. The second-order valence-corrected chi connectivity index (χ2v) is 8.60. The quantitative estimate of drug-likeness (QED) is 0.624. The highest BCUT2D eigenvalue weighted by Crippen LogP contribution is 2.41. The van der Waals surface area contributed by atoms with Gasteiger partial charge in [-0.15, -0.1) is 0 Å². The average Bonchev–Trinajstić information content (AvgIpc) is 2.74. The molecular weight excluding hydrogens is 488 g/mol. The van der Waals surface area contributed by atoms with Crippen LogP contribution in [0.4, 0.5) is 5.69 Å². The SMILES string of the molecule is N#CC1=C(SCC(=O)Nc2ccc(Br)cc2)NC(=O)[C@@H](C#N)[C@@H]1c1ccccc1Cl. The zero-order valence-corrected chi connectivity index (χ0v) is 18.5. The number of rotatable bonds is 5. The number of allylic oxidation sites excluding steroid dienone is 1. The zero-order chi connectivity index (χ0) is 21.7. The summed E-state index contributed by atoms with van der Waals surface area (Å²) in [5.41, 5.74) is 1.36. The van der Waals surface area contributed by atoms with Gasteiger partial charge in [-0.2, -0.15) is 10.5 Å². The van der Waals surface area contributed by atoms with Crippen molar-refractivity contribution in [3.8, 4) is 12.1 Å². The lowest BCUT2D eigenvalue weighted by Gasteiger charge is -2.29. The van der Waals surface area contributed by atoms with Crippen molar-refractivity contribution in [2.24, 2.45) is 5.92 Å². The molecular formula is C21H14BrClN4O2S. The fourth-order valence-electron chi connectivity index (χ4n) is 3.01. The Kier molecular flexibility index (Phi) is 7.17. The maximum atomic E-state index is 12.5. The smallest absolute Gasteiger partial charge is 0.243 e. The summed E-state index contributed by atoms with van der Waals surface area (Å²) in [6, 6.07) is 18.0. The lowest BCUT2D eigenvalue weighted by molar-refractivity contribution is -0.123. The van der Waals surface area contributed by atoms with E-state index >= 15 is 0 Å². The molecule has 2 atom stereocenters. The number of halogens is 2. The molecule has 3 rings (SSSR count).